The van der Waals surface area contributed by atoms with Crippen LogP contribution in [0.15, 0.2) is 18.3 Å². The van der Waals surface area contributed by atoms with E-state index < -0.39 is 12.6 Å². The van der Waals surface area contributed by atoms with E-state index in [9.17, 15) is 9.18 Å². The lowest BCUT2D eigenvalue weighted by Crippen LogP contribution is -1.92. The maximum atomic E-state index is 12.4. The van der Waals surface area contributed by atoms with Crippen molar-refractivity contribution in [1.82, 2.24) is 4.98 Å². The molecule has 1 rings (SSSR count). The molecule has 14 heavy (non-hydrogen) atoms. The Morgan fingerprint density at radius 2 is 2.43 bits per heavy atom. The molecule has 0 atom stereocenters. The van der Waals surface area contributed by atoms with Crippen molar-refractivity contribution in [2.45, 2.75) is 13.6 Å². The first-order chi connectivity index (χ1) is 6.63. The van der Waals surface area contributed by atoms with Gasteiger partial charge in [0.25, 0.3) is 0 Å². The zero-order chi connectivity index (χ0) is 10.6. The molecule has 4 heteroatoms. The van der Waals surface area contributed by atoms with Crippen molar-refractivity contribution in [2.24, 2.45) is 0 Å². The number of nitrogens with zero attached hydrogens (tertiary/aromatic N) is 1. The highest BCUT2D eigenvalue weighted by molar-refractivity contribution is 5.85. The second-order valence-corrected chi connectivity index (χ2v) is 2.83. The molecule has 0 aliphatic rings. The Morgan fingerprint density at radius 3 is 3.00 bits per heavy atom. The zero-order valence-electron chi connectivity index (χ0n) is 7.70. The van der Waals surface area contributed by atoms with Crippen molar-refractivity contribution in [3.05, 3.63) is 35.2 Å². The predicted octanol–water partition coefficient (Wildman–Crippen LogP) is 1.96. The van der Waals surface area contributed by atoms with E-state index in [2.05, 4.69) is 4.98 Å². The average molecular weight is 195 g/mol. The third-order valence-electron chi connectivity index (χ3n) is 1.71. The van der Waals surface area contributed by atoms with E-state index in [1.165, 1.54) is 12.3 Å². The first kappa shape index (κ1) is 10.4. The third kappa shape index (κ3) is 2.65. The highest BCUT2D eigenvalue weighted by Gasteiger charge is 2.00. The zero-order valence-corrected chi connectivity index (χ0v) is 7.70. The van der Waals surface area contributed by atoms with Crippen LogP contribution in [0.5, 0.6) is 0 Å². The van der Waals surface area contributed by atoms with Gasteiger partial charge >= 0.3 is 5.97 Å². The molecule has 0 aliphatic heterocycles. The molecule has 0 radical (unpaired) electrons. The van der Waals surface area contributed by atoms with Crippen LogP contribution in [-0.2, 0) is 11.5 Å². The predicted molar refractivity (Wildman–Crippen MR) is 50.5 cm³/mol. The smallest absolute Gasteiger partial charge is 0.328 e. The minimum absolute atomic E-state index is 0.396. The molecule has 1 aromatic rings. The second-order valence-electron chi connectivity index (χ2n) is 2.83. The molecule has 1 N–H and O–H groups in total. The Morgan fingerprint density at radius 1 is 1.71 bits per heavy atom. The van der Waals surface area contributed by atoms with Crippen LogP contribution in [-0.4, -0.2) is 16.1 Å². The van der Waals surface area contributed by atoms with Gasteiger partial charge in [-0.1, -0.05) is 0 Å². The number of halogens is 1. The molecular weight excluding hydrogens is 185 g/mol. The lowest BCUT2D eigenvalue weighted by atomic mass is 10.1. The molecule has 3 nitrogen and oxygen atoms in total. The summed E-state index contributed by atoms with van der Waals surface area (Å²) in [6.07, 6.45) is 3.76. The van der Waals surface area contributed by atoms with Gasteiger partial charge in [0.1, 0.15) is 6.67 Å². The number of alkyl halides is 1. The fraction of sp³-hybridized carbons (Fsp3) is 0.200. The van der Waals surface area contributed by atoms with Crippen LogP contribution >= 0.6 is 0 Å². The number of carboxylic acids is 1. The summed E-state index contributed by atoms with van der Waals surface area (Å²) in [5.74, 6) is -1.05. The number of pyridine rings is 1. The number of carbonyl (C=O) groups is 1. The number of hydrogen-bond acceptors (Lipinski definition) is 2. The van der Waals surface area contributed by atoms with Crippen molar-refractivity contribution in [1.29, 1.82) is 0 Å². The monoisotopic (exact) mass is 195 g/mol. The lowest BCUT2D eigenvalue weighted by Gasteiger charge is -2.01. The van der Waals surface area contributed by atoms with Gasteiger partial charge in [-0.2, -0.15) is 0 Å². The second kappa shape index (κ2) is 4.50. The Labute approximate surface area is 80.9 Å². The summed E-state index contributed by atoms with van der Waals surface area (Å²) in [7, 11) is 0. The summed E-state index contributed by atoms with van der Waals surface area (Å²) in [5.41, 5.74) is 1.68. The standard InChI is InChI=1S/C10H10FNO2/c1-7-4-8(2-3-10(13)14)9(5-11)6-12-7/h2-4,6H,5H2,1H3,(H,13,14)/b3-2+. The normalized spacial score (nSPS) is 10.7. The molecule has 0 spiro atoms. The van der Waals surface area contributed by atoms with Gasteiger partial charge in [0.2, 0.25) is 0 Å². The molecule has 74 valence electrons. The first-order valence-corrected chi connectivity index (χ1v) is 4.06. The third-order valence-corrected chi connectivity index (χ3v) is 1.71. The molecule has 0 unspecified atom stereocenters. The van der Waals surface area contributed by atoms with Gasteiger partial charge in [0, 0.05) is 23.5 Å². The molecule has 0 saturated carbocycles. The number of aliphatic carboxylic acids is 1. The van der Waals surface area contributed by atoms with Gasteiger partial charge in [-0.25, -0.2) is 9.18 Å². The highest BCUT2D eigenvalue weighted by Crippen LogP contribution is 2.12. The minimum Gasteiger partial charge on any atom is -0.478 e. The van der Waals surface area contributed by atoms with Crippen molar-refractivity contribution < 1.29 is 14.3 Å². The molecule has 0 aromatic carbocycles. The summed E-state index contributed by atoms with van der Waals surface area (Å²) >= 11 is 0. The highest BCUT2D eigenvalue weighted by atomic mass is 19.1. The molecule has 0 bridgehead atoms. The molecule has 1 heterocycles. The quantitative estimate of drug-likeness (QED) is 0.750. The molecule has 0 saturated heterocycles. The largest absolute Gasteiger partial charge is 0.478 e. The number of aromatic nitrogens is 1. The SMILES string of the molecule is Cc1cc(/C=C/C(=O)O)c(CF)cn1. The Hall–Kier alpha value is -1.71. The van der Waals surface area contributed by atoms with Gasteiger partial charge in [0.15, 0.2) is 0 Å². The molecule has 0 aliphatic carbocycles. The van der Waals surface area contributed by atoms with E-state index in [4.69, 9.17) is 5.11 Å². The van der Waals surface area contributed by atoms with Crippen molar-refractivity contribution in [3.63, 3.8) is 0 Å². The first-order valence-electron chi connectivity index (χ1n) is 4.06. The van der Waals surface area contributed by atoms with Crippen LogP contribution in [0.4, 0.5) is 4.39 Å². The van der Waals surface area contributed by atoms with Crippen LogP contribution in [0.2, 0.25) is 0 Å². The van der Waals surface area contributed by atoms with E-state index in [0.717, 1.165) is 11.8 Å². The van der Waals surface area contributed by atoms with Gasteiger partial charge < -0.3 is 5.11 Å². The Kier molecular flexibility index (Phi) is 3.34. The van der Waals surface area contributed by atoms with E-state index in [1.807, 2.05) is 0 Å². The summed E-state index contributed by atoms with van der Waals surface area (Å²) in [4.78, 5) is 14.2. The number of rotatable bonds is 3. The van der Waals surface area contributed by atoms with Crippen LogP contribution in [0.25, 0.3) is 6.08 Å². The summed E-state index contributed by atoms with van der Waals surface area (Å²) in [6, 6.07) is 1.65. The van der Waals surface area contributed by atoms with E-state index >= 15 is 0 Å². The van der Waals surface area contributed by atoms with E-state index in [-0.39, 0.29) is 0 Å². The minimum atomic E-state index is -1.05. The van der Waals surface area contributed by atoms with Crippen LogP contribution < -0.4 is 0 Å². The van der Waals surface area contributed by atoms with Crippen LogP contribution in [0.1, 0.15) is 16.8 Å². The molecule has 0 amide bonds. The van der Waals surface area contributed by atoms with Crippen molar-refractivity contribution in [3.8, 4) is 0 Å². The fourth-order valence-electron chi connectivity index (χ4n) is 1.04. The summed E-state index contributed by atoms with van der Waals surface area (Å²) in [6.45, 7) is 1.12. The van der Waals surface area contributed by atoms with Crippen LogP contribution in [0, 0.1) is 6.92 Å². The average Bonchev–Trinajstić information content (AvgIpc) is 2.15. The Balaban J connectivity index is 3.04. The van der Waals surface area contributed by atoms with E-state index in [1.54, 1.807) is 13.0 Å². The van der Waals surface area contributed by atoms with Gasteiger partial charge in [-0.3, -0.25) is 4.98 Å². The number of carboxylic acid groups (broad SMARTS) is 1. The topological polar surface area (TPSA) is 50.2 Å². The maximum absolute atomic E-state index is 12.4. The molecular formula is C10H10FNO2. The van der Waals surface area contributed by atoms with E-state index in [0.29, 0.717) is 11.1 Å². The summed E-state index contributed by atoms with van der Waals surface area (Å²) < 4.78 is 12.4. The van der Waals surface area contributed by atoms with Crippen molar-refractivity contribution >= 4 is 12.0 Å². The Bertz CT molecular complexity index is 374. The van der Waals surface area contributed by atoms with Crippen molar-refractivity contribution in [2.75, 3.05) is 0 Å². The van der Waals surface area contributed by atoms with Gasteiger partial charge in [-0.15, -0.1) is 0 Å². The molecule has 0 fully saturated rings. The number of aryl methyl sites for hydroxylation is 1. The fourth-order valence-corrected chi connectivity index (χ4v) is 1.04. The number of hydrogen-bond donors (Lipinski definition) is 1. The molecule has 1 aromatic heterocycles. The van der Waals surface area contributed by atoms with Gasteiger partial charge in [-0.05, 0) is 24.6 Å². The summed E-state index contributed by atoms with van der Waals surface area (Å²) in [5, 5.41) is 8.41. The van der Waals surface area contributed by atoms with Crippen LogP contribution in [0.3, 0.4) is 0 Å². The maximum Gasteiger partial charge on any atom is 0.328 e. The van der Waals surface area contributed by atoms with Gasteiger partial charge in [0.05, 0.1) is 0 Å². The lowest BCUT2D eigenvalue weighted by molar-refractivity contribution is -0.131.